The summed E-state index contributed by atoms with van der Waals surface area (Å²) in [6, 6.07) is 3.42. The number of hydrogen-bond donors (Lipinski definition) is 1. The van der Waals surface area contributed by atoms with Gasteiger partial charge in [0.1, 0.15) is 17.0 Å². The van der Waals surface area contributed by atoms with E-state index in [-0.39, 0.29) is 36.9 Å². The van der Waals surface area contributed by atoms with Crippen LogP contribution in [0.2, 0.25) is 0 Å². The lowest BCUT2D eigenvalue weighted by atomic mass is 10.1. The molecule has 0 unspecified atom stereocenters. The molecule has 0 bridgehead atoms. The summed E-state index contributed by atoms with van der Waals surface area (Å²) >= 11 is 0. The lowest BCUT2D eigenvalue weighted by Gasteiger charge is -2.31. The zero-order valence-corrected chi connectivity index (χ0v) is 18.2. The molecule has 162 valence electrons. The minimum atomic E-state index is -3.58. The van der Waals surface area contributed by atoms with Crippen LogP contribution in [-0.4, -0.2) is 65.8 Å². The number of aryl methyl sites for hydroxylation is 2. The third kappa shape index (κ3) is 4.23. The Hall–Kier alpha value is -2.75. The van der Waals surface area contributed by atoms with Gasteiger partial charge in [0.2, 0.25) is 11.3 Å². The van der Waals surface area contributed by atoms with Gasteiger partial charge in [0.25, 0.3) is 5.91 Å². The molecular formula is C20H26N4O5S. The molecule has 1 aliphatic rings. The van der Waals surface area contributed by atoms with E-state index in [0.29, 0.717) is 17.6 Å². The second-order valence-electron chi connectivity index (χ2n) is 7.45. The molecule has 0 radical (unpaired) electrons. The number of amides is 2. The highest BCUT2D eigenvalue weighted by atomic mass is 32.2. The normalized spacial score (nSPS) is 15.4. The summed E-state index contributed by atoms with van der Waals surface area (Å²) < 4.78 is 26.6. The number of piperidine rings is 1. The number of nitrogens with zero attached hydrogens (tertiary/aromatic N) is 3. The summed E-state index contributed by atoms with van der Waals surface area (Å²) in [5, 5.41) is 2.03. The van der Waals surface area contributed by atoms with Gasteiger partial charge in [-0.05, 0) is 38.8 Å². The van der Waals surface area contributed by atoms with Gasteiger partial charge in [-0.1, -0.05) is 0 Å². The molecule has 10 heteroatoms. The molecule has 2 aromatic heterocycles. The predicted octanol–water partition coefficient (Wildman–Crippen LogP) is 0.490. The quantitative estimate of drug-likeness (QED) is 0.732. The molecule has 2 amide bonds. The molecule has 0 saturated carbocycles. The van der Waals surface area contributed by atoms with Crippen LogP contribution in [0.1, 0.15) is 35.8 Å². The van der Waals surface area contributed by atoms with Crippen molar-refractivity contribution in [2.75, 3.05) is 25.9 Å². The lowest BCUT2D eigenvalue weighted by Crippen LogP contribution is -2.45. The van der Waals surface area contributed by atoms with Crippen LogP contribution in [0, 0.1) is 6.92 Å². The largest absolute Gasteiger partial charge is 0.358 e. The van der Waals surface area contributed by atoms with E-state index >= 15 is 0 Å². The van der Waals surface area contributed by atoms with E-state index in [1.807, 2.05) is 13.8 Å². The molecule has 3 heterocycles. The molecule has 30 heavy (non-hydrogen) atoms. The van der Waals surface area contributed by atoms with Crippen LogP contribution in [0.25, 0.3) is 11.0 Å². The summed E-state index contributed by atoms with van der Waals surface area (Å²) in [7, 11) is -2.19. The third-order valence-corrected chi connectivity index (χ3v) is 7.63. The van der Waals surface area contributed by atoms with Crippen LogP contribution in [0.15, 0.2) is 23.1 Å². The Balaban J connectivity index is 1.83. The third-order valence-electron chi connectivity index (χ3n) is 5.48. The minimum Gasteiger partial charge on any atom is -0.358 e. The summed E-state index contributed by atoms with van der Waals surface area (Å²) in [6.07, 6.45) is 2.01. The fourth-order valence-electron chi connectivity index (χ4n) is 3.71. The van der Waals surface area contributed by atoms with Crippen LogP contribution in [0.5, 0.6) is 0 Å². The van der Waals surface area contributed by atoms with E-state index < -0.39 is 32.7 Å². The number of likely N-dealkylation sites (tertiary alicyclic amines) is 1. The van der Waals surface area contributed by atoms with Gasteiger partial charge in [-0.15, -0.1) is 0 Å². The molecule has 1 aliphatic heterocycles. The van der Waals surface area contributed by atoms with Gasteiger partial charge in [0.05, 0.1) is 10.6 Å². The molecule has 0 aliphatic carbocycles. The van der Waals surface area contributed by atoms with Crippen molar-refractivity contribution in [3.8, 4) is 0 Å². The Kier molecular flexibility index (Phi) is 6.25. The number of aromatic nitrogens is 2. The lowest BCUT2D eigenvalue weighted by molar-refractivity contribution is -0.118. The maximum Gasteiger partial charge on any atom is 0.259 e. The zero-order chi connectivity index (χ0) is 22.1. The number of carbonyl (C=O) groups excluding carboxylic acids is 2. The summed E-state index contributed by atoms with van der Waals surface area (Å²) in [4.78, 5) is 43.4. The first-order valence-corrected chi connectivity index (χ1v) is 11.6. The summed E-state index contributed by atoms with van der Waals surface area (Å²) in [5.41, 5.74) is 1.00. The van der Waals surface area contributed by atoms with Gasteiger partial charge in [-0.2, -0.15) is 0 Å². The van der Waals surface area contributed by atoms with E-state index in [9.17, 15) is 22.8 Å². The highest BCUT2D eigenvalue weighted by Gasteiger charge is 2.33. The van der Waals surface area contributed by atoms with Gasteiger partial charge < -0.3 is 14.8 Å². The maximum absolute atomic E-state index is 13.1. The van der Waals surface area contributed by atoms with Crippen LogP contribution in [0.4, 0.5) is 0 Å². The summed E-state index contributed by atoms with van der Waals surface area (Å²) in [5.74, 6) is -1.51. The molecular weight excluding hydrogens is 408 g/mol. The van der Waals surface area contributed by atoms with E-state index in [1.165, 1.54) is 18.1 Å². The average Bonchev–Trinajstić information content (AvgIpc) is 2.73. The fraction of sp³-hybridized carbons (Fsp3) is 0.500. The molecule has 1 saturated heterocycles. The van der Waals surface area contributed by atoms with Gasteiger partial charge in [-0.3, -0.25) is 14.4 Å². The van der Waals surface area contributed by atoms with E-state index in [2.05, 4.69) is 10.3 Å². The molecule has 2 aromatic rings. The summed E-state index contributed by atoms with van der Waals surface area (Å²) in [6.45, 7) is 4.72. The molecule has 3 rings (SSSR count). The number of carbonyl (C=O) groups is 2. The van der Waals surface area contributed by atoms with Crippen LogP contribution < -0.4 is 10.7 Å². The van der Waals surface area contributed by atoms with Gasteiger partial charge in [-0.25, -0.2) is 13.4 Å². The van der Waals surface area contributed by atoms with Crippen LogP contribution in [-0.2, 0) is 21.2 Å². The Morgan fingerprint density at radius 1 is 1.23 bits per heavy atom. The fourth-order valence-corrected chi connectivity index (χ4v) is 5.39. The zero-order valence-electron chi connectivity index (χ0n) is 17.3. The molecule has 1 fully saturated rings. The SMILES string of the molecule is CCn1cc(C(=O)N2CCC(S(=O)(=O)CC(=O)NC)CC2)c(=O)c2ccc(C)nc21. The van der Waals surface area contributed by atoms with E-state index in [4.69, 9.17) is 0 Å². The standard InChI is InChI=1S/C20H26N4O5S/c1-4-23-11-16(18(26)15-6-5-13(2)22-19(15)23)20(27)24-9-7-14(8-10-24)30(28,29)12-17(25)21-3/h5-6,11,14H,4,7-10,12H2,1-3H3,(H,21,25). The van der Waals surface area contributed by atoms with Crippen molar-refractivity contribution in [3.05, 3.63) is 39.8 Å². The number of fused-ring (bicyclic) bond motifs is 1. The van der Waals surface area contributed by atoms with Crippen molar-refractivity contribution in [1.29, 1.82) is 0 Å². The van der Waals surface area contributed by atoms with Crippen molar-refractivity contribution in [2.24, 2.45) is 0 Å². The van der Waals surface area contributed by atoms with E-state index in [0.717, 1.165) is 5.69 Å². The van der Waals surface area contributed by atoms with Crippen LogP contribution >= 0.6 is 0 Å². The highest BCUT2D eigenvalue weighted by Crippen LogP contribution is 2.20. The Bertz CT molecular complexity index is 1150. The van der Waals surface area contributed by atoms with Gasteiger partial charge >= 0.3 is 0 Å². The monoisotopic (exact) mass is 434 g/mol. The van der Waals surface area contributed by atoms with Crippen molar-refractivity contribution in [1.82, 2.24) is 19.8 Å². The molecule has 0 spiro atoms. The van der Waals surface area contributed by atoms with Crippen molar-refractivity contribution < 1.29 is 18.0 Å². The Morgan fingerprint density at radius 2 is 1.90 bits per heavy atom. The first kappa shape index (κ1) is 21.9. The second-order valence-corrected chi connectivity index (χ2v) is 9.73. The van der Waals surface area contributed by atoms with Crippen LogP contribution in [0.3, 0.4) is 0 Å². The second kappa shape index (κ2) is 8.55. The predicted molar refractivity (Wildman–Crippen MR) is 113 cm³/mol. The number of pyridine rings is 2. The molecule has 0 atom stereocenters. The first-order valence-electron chi connectivity index (χ1n) is 9.90. The average molecular weight is 435 g/mol. The number of hydrogen-bond acceptors (Lipinski definition) is 6. The molecule has 1 N–H and O–H groups in total. The topological polar surface area (TPSA) is 118 Å². The highest BCUT2D eigenvalue weighted by molar-refractivity contribution is 7.92. The Labute approximate surface area is 175 Å². The number of nitrogens with one attached hydrogen (secondary N) is 1. The van der Waals surface area contributed by atoms with Gasteiger partial charge in [0, 0.05) is 38.6 Å². The van der Waals surface area contributed by atoms with Crippen molar-refractivity contribution in [2.45, 2.75) is 38.5 Å². The maximum atomic E-state index is 13.1. The smallest absolute Gasteiger partial charge is 0.259 e. The van der Waals surface area contributed by atoms with E-state index in [1.54, 1.807) is 16.7 Å². The minimum absolute atomic E-state index is 0.0571. The molecule has 9 nitrogen and oxygen atoms in total. The van der Waals surface area contributed by atoms with Crippen molar-refractivity contribution in [3.63, 3.8) is 0 Å². The van der Waals surface area contributed by atoms with Gasteiger partial charge in [0.15, 0.2) is 9.84 Å². The number of sulfone groups is 1. The first-order chi connectivity index (χ1) is 14.2. The molecule has 0 aromatic carbocycles. The Morgan fingerprint density at radius 3 is 2.50 bits per heavy atom. The number of rotatable bonds is 5. The van der Waals surface area contributed by atoms with Crippen molar-refractivity contribution >= 4 is 32.7 Å².